The Bertz CT molecular complexity index is 581. The van der Waals surface area contributed by atoms with Crippen LogP contribution in [0.3, 0.4) is 0 Å². The van der Waals surface area contributed by atoms with Crippen LogP contribution in [0.25, 0.3) is 0 Å². The van der Waals surface area contributed by atoms with Gasteiger partial charge in [-0.3, -0.25) is 4.79 Å². The molecule has 4 nitrogen and oxygen atoms in total. The molecule has 0 radical (unpaired) electrons. The van der Waals surface area contributed by atoms with Crippen molar-refractivity contribution >= 4 is 17.2 Å². The monoisotopic (exact) mass is 306 g/mol. The highest BCUT2D eigenvalue weighted by molar-refractivity contribution is 7.14. The van der Waals surface area contributed by atoms with Gasteiger partial charge in [0.15, 0.2) is 0 Å². The van der Waals surface area contributed by atoms with E-state index in [0.29, 0.717) is 26.1 Å². The number of nitrogens with zero attached hydrogens (tertiary/aromatic N) is 1. The zero-order valence-corrected chi connectivity index (χ0v) is 13.4. The second-order valence-electron chi connectivity index (χ2n) is 5.77. The van der Waals surface area contributed by atoms with Gasteiger partial charge in [0.25, 0.3) is 5.91 Å². The van der Waals surface area contributed by atoms with Crippen LogP contribution in [0.15, 0.2) is 6.07 Å². The molecular weight excluding hydrogens is 284 g/mol. The molecule has 114 valence electrons. The molecule has 2 rings (SSSR count). The Morgan fingerprint density at radius 1 is 1.52 bits per heavy atom. The van der Waals surface area contributed by atoms with Crippen molar-refractivity contribution < 1.29 is 9.90 Å². The van der Waals surface area contributed by atoms with Crippen LogP contribution in [0.5, 0.6) is 0 Å². The van der Waals surface area contributed by atoms with Gasteiger partial charge >= 0.3 is 0 Å². The van der Waals surface area contributed by atoms with Crippen LogP contribution in [0.1, 0.15) is 46.3 Å². The molecule has 1 atom stereocenters. The van der Waals surface area contributed by atoms with E-state index in [1.807, 2.05) is 24.8 Å². The van der Waals surface area contributed by atoms with Gasteiger partial charge in [0.2, 0.25) is 0 Å². The summed E-state index contributed by atoms with van der Waals surface area (Å²) < 4.78 is 0. The van der Waals surface area contributed by atoms with Crippen LogP contribution in [0.4, 0.5) is 0 Å². The van der Waals surface area contributed by atoms with Gasteiger partial charge in [0.1, 0.15) is 0 Å². The molecular formula is C16H22N2O2S. The van der Waals surface area contributed by atoms with Gasteiger partial charge in [0, 0.05) is 13.1 Å². The molecule has 1 saturated heterocycles. The SMILES string of the molecule is Cc1cc(C(=O)N2CCCC(C)(O)CC2)sc1C#CCN. The third-order valence-corrected chi connectivity index (χ3v) is 4.92. The first-order valence-electron chi connectivity index (χ1n) is 7.24. The number of rotatable bonds is 1. The lowest BCUT2D eigenvalue weighted by Gasteiger charge is -2.22. The smallest absolute Gasteiger partial charge is 0.263 e. The van der Waals surface area contributed by atoms with Crippen LogP contribution < -0.4 is 5.73 Å². The van der Waals surface area contributed by atoms with E-state index in [4.69, 9.17) is 5.73 Å². The highest BCUT2D eigenvalue weighted by atomic mass is 32.1. The highest BCUT2D eigenvalue weighted by Gasteiger charge is 2.28. The van der Waals surface area contributed by atoms with Crippen LogP contribution >= 0.6 is 11.3 Å². The number of hydrogen-bond donors (Lipinski definition) is 2. The van der Waals surface area contributed by atoms with E-state index < -0.39 is 5.60 Å². The number of amides is 1. The number of aliphatic hydroxyl groups is 1. The van der Waals surface area contributed by atoms with Gasteiger partial charge < -0.3 is 15.7 Å². The van der Waals surface area contributed by atoms with E-state index in [-0.39, 0.29) is 5.91 Å². The number of nitrogens with two attached hydrogens (primary N) is 1. The van der Waals surface area contributed by atoms with Gasteiger partial charge in [-0.15, -0.1) is 11.3 Å². The Labute approximate surface area is 129 Å². The Balaban J connectivity index is 2.13. The number of carbonyl (C=O) groups is 1. The van der Waals surface area contributed by atoms with Crippen LogP contribution in [0.2, 0.25) is 0 Å². The maximum atomic E-state index is 12.6. The van der Waals surface area contributed by atoms with Crippen molar-refractivity contribution in [2.45, 2.75) is 38.7 Å². The van der Waals surface area contributed by atoms with E-state index in [9.17, 15) is 9.90 Å². The predicted molar refractivity (Wildman–Crippen MR) is 85.4 cm³/mol. The first-order chi connectivity index (χ1) is 9.93. The van der Waals surface area contributed by atoms with Crippen molar-refractivity contribution in [1.29, 1.82) is 0 Å². The largest absolute Gasteiger partial charge is 0.390 e. The molecule has 0 spiro atoms. The average Bonchev–Trinajstić information content (AvgIpc) is 2.70. The predicted octanol–water partition coefficient (Wildman–Crippen LogP) is 1.74. The summed E-state index contributed by atoms with van der Waals surface area (Å²) in [6, 6.07) is 1.90. The van der Waals surface area contributed by atoms with Gasteiger partial charge in [-0.2, -0.15) is 0 Å². The number of hydrogen-bond acceptors (Lipinski definition) is 4. The quantitative estimate of drug-likeness (QED) is 0.777. The first-order valence-corrected chi connectivity index (χ1v) is 8.05. The van der Waals surface area contributed by atoms with Crippen LogP contribution in [-0.4, -0.2) is 41.1 Å². The van der Waals surface area contributed by atoms with Crippen LogP contribution in [-0.2, 0) is 0 Å². The van der Waals surface area contributed by atoms with Gasteiger partial charge in [0.05, 0.1) is 21.9 Å². The lowest BCUT2D eigenvalue weighted by Crippen LogP contribution is -2.33. The van der Waals surface area contributed by atoms with E-state index >= 15 is 0 Å². The maximum absolute atomic E-state index is 12.6. The van der Waals surface area contributed by atoms with E-state index in [1.165, 1.54) is 11.3 Å². The molecule has 1 aromatic heterocycles. The topological polar surface area (TPSA) is 66.6 Å². The normalized spacial score (nSPS) is 22.4. The maximum Gasteiger partial charge on any atom is 0.263 e. The molecule has 1 aliphatic rings. The summed E-state index contributed by atoms with van der Waals surface area (Å²) in [5, 5.41) is 10.1. The zero-order chi connectivity index (χ0) is 15.5. The minimum atomic E-state index is -0.655. The number of likely N-dealkylation sites (tertiary alicyclic amines) is 1. The van der Waals surface area contributed by atoms with Crippen molar-refractivity contribution in [2.24, 2.45) is 5.73 Å². The first kappa shape index (κ1) is 16.0. The highest BCUT2D eigenvalue weighted by Crippen LogP contribution is 2.26. The molecule has 0 aromatic carbocycles. The lowest BCUT2D eigenvalue weighted by molar-refractivity contribution is 0.0438. The lowest BCUT2D eigenvalue weighted by atomic mass is 9.98. The molecule has 2 heterocycles. The minimum Gasteiger partial charge on any atom is -0.390 e. The van der Waals surface area contributed by atoms with Crippen molar-refractivity contribution in [3.05, 3.63) is 21.4 Å². The average molecular weight is 306 g/mol. The fourth-order valence-electron chi connectivity index (χ4n) is 2.47. The third-order valence-electron chi connectivity index (χ3n) is 3.78. The number of carbonyl (C=O) groups excluding carboxylic acids is 1. The van der Waals surface area contributed by atoms with Crippen LogP contribution in [0, 0.1) is 18.8 Å². The van der Waals surface area contributed by atoms with Crippen molar-refractivity contribution in [2.75, 3.05) is 19.6 Å². The summed E-state index contributed by atoms with van der Waals surface area (Å²) >= 11 is 1.43. The summed E-state index contributed by atoms with van der Waals surface area (Å²) in [7, 11) is 0. The van der Waals surface area contributed by atoms with Crippen molar-refractivity contribution in [3.63, 3.8) is 0 Å². The molecule has 1 aromatic rings. The Kier molecular flexibility index (Phi) is 5.04. The second kappa shape index (κ2) is 6.61. The van der Waals surface area contributed by atoms with E-state index in [2.05, 4.69) is 11.8 Å². The molecule has 0 bridgehead atoms. The van der Waals surface area contributed by atoms with Gasteiger partial charge in [-0.1, -0.05) is 11.8 Å². The van der Waals surface area contributed by atoms with Gasteiger partial charge in [-0.25, -0.2) is 0 Å². The van der Waals surface area contributed by atoms with Crippen molar-refractivity contribution in [3.8, 4) is 11.8 Å². The molecule has 0 saturated carbocycles. The summed E-state index contributed by atoms with van der Waals surface area (Å²) in [4.78, 5) is 16.1. The Morgan fingerprint density at radius 3 is 3.00 bits per heavy atom. The summed E-state index contributed by atoms with van der Waals surface area (Å²) in [5.41, 5.74) is 5.75. The molecule has 0 aliphatic carbocycles. The van der Waals surface area contributed by atoms with E-state index in [0.717, 1.165) is 28.2 Å². The fraction of sp³-hybridized carbons (Fsp3) is 0.562. The Hall–Kier alpha value is -1.35. The molecule has 1 fully saturated rings. The third kappa shape index (κ3) is 4.07. The van der Waals surface area contributed by atoms with Gasteiger partial charge in [-0.05, 0) is 44.7 Å². The second-order valence-corrected chi connectivity index (χ2v) is 6.82. The molecule has 5 heteroatoms. The summed E-state index contributed by atoms with van der Waals surface area (Å²) in [6.07, 6.45) is 2.21. The Morgan fingerprint density at radius 2 is 2.29 bits per heavy atom. The standard InChI is InChI=1S/C16H22N2O2S/c1-12-11-14(21-13(12)5-3-8-17)15(19)18-9-4-6-16(2,20)7-10-18/h11,20H,4,6-10,17H2,1-2H3. The molecule has 1 aliphatic heterocycles. The minimum absolute atomic E-state index is 0.0431. The fourth-order valence-corrected chi connectivity index (χ4v) is 3.48. The molecule has 1 amide bonds. The molecule has 1 unspecified atom stereocenters. The summed E-state index contributed by atoms with van der Waals surface area (Å²) in [5.74, 6) is 5.88. The molecule has 3 N–H and O–H groups in total. The number of thiophene rings is 1. The van der Waals surface area contributed by atoms with Crippen molar-refractivity contribution in [1.82, 2.24) is 4.90 Å². The van der Waals surface area contributed by atoms with E-state index in [1.54, 1.807) is 0 Å². The summed E-state index contributed by atoms with van der Waals surface area (Å²) in [6.45, 7) is 5.43. The molecule has 21 heavy (non-hydrogen) atoms. The number of aryl methyl sites for hydroxylation is 1. The zero-order valence-electron chi connectivity index (χ0n) is 12.6.